The molecule has 0 saturated carbocycles. The SMILES string of the molecule is CCCCCC(C)NCCn1ccc2ccccc21. The van der Waals surface area contributed by atoms with Crippen LogP contribution in [0.25, 0.3) is 10.9 Å². The van der Waals surface area contributed by atoms with Gasteiger partial charge in [-0.15, -0.1) is 0 Å². The maximum absolute atomic E-state index is 3.62. The standard InChI is InChI=1S/C17H26N2/c1-3-4-5-8-15(2)18-12-14-19-13-11-16-9-6-7-10-17(16)19/h6-7,9-11,13,15,18H,3-5,8,12,14H2,1-2H3. The van der Waals surface area contributed by atoms with Crippen LogP contribution in [0.15, 0.2) is 36.5 Å². The quantitative estimate of drug-likeness (QED) is 0.702. The van der Waals surface area contributed by atoms with Crippen molar-refractivity contribution in [3.63, 3.8) is 0 Å². The van der Waals surface area contributed by atoms with Crippen LogP contribution in [0.3, 0.4) is 0 Å². The van der Waals surface area contributed by atoms with E-state index in [1.165, 1.54) is 36.6 Å². The van der Waals surface area contributed by atoms with Crippen molar-refractivity contribution in [1.29, 1.82) is 0 Å². The summed E-state index contributed by atoms with van der Waals surface area (Å²) in [6.07, 6.45) is 7.49. The van der Waals surface area contributed by atoms with E-state index in [9.17, 15) is 0 Å². The largest absolute Gasteiger partial charge is 0.346 e. The number of rotatable bonds is 8. The molecular formula is C17H26N2. The second-order valence-corrected chi connectivity index (χ2v) is 5.42. The Kier molecular flexibility index (Phi) is 5.46. The molecule has 0 spiro atoms. The number of hydrogen-bond acceptors (Lipinski definition) is 1. The van der Waals surface area contributed by atoms with E-state index in [0.717, 1.165) is 13.1 Å². The van der Waals surface area contributed by atoms with Crippen molar-refractivity contribution in [3.05, 3.63) is 36.5 Å². The van der Waals surface area contributed by atoms with Gasteiger partial charge in [-0.05, 0) is 30.9 Å². The van der Waals surface area contributed by atoms with Crippen molar-refractivity contribution in [2.75, 3.05) is 6.54 Å². The topological polar surface area (TPSA) is 17.0 Å². The van der Waals surface area contributed by atoms with Crippen LogP contribution in [0.1, 0.15) is 39.5 Å². The minimum Gasteiger partial charge on any atom is -0.346 e. The average Bonchev–Trinajstić information content (AvgIpc) is 2.83. The van der Waals surface area contributed by atoms with Crippen molar-refractivity contribution < 1.29 is 0 Å². The van der Waals surface area contributed by atoms with Gasteiger partial charge in [-0.1, -0.05) is 44.4 Å². The molecule has 1 N–H and O–H groups in total. The maximum atomic E-state index is 3.62. The third-order valence-corrected chi connectivity index (χ3v) is 3.77. The maximum Gasteiger partial charge on any atom is 0.0480 e. The monoisotopic (exact) mass is 258 g/mol. The fraction of sp³-hybridized carbons (Fsp3) is 0.529. The molecule has 0 bridgehead atoms. The van der Waals surface area contributed by atoms with Crippen LogP contribution in [0.2, 0.25) is 0 Å². The van der Waals surface area contributed by atoms with E-state index >= 15 is 0 Å². The van der Waals surface area contributed by atoms with Crippen molar-refractivity contribution in [2.45, 2.75) is 52.1 Å². The highest BCUT2D eigenvalue weighted by molar-refractivity contribution is 5.79. The Balaban J connectivity index is 1.76. The summed E-state index contributed by atoms with van der Waals surface area (Å²) in [7, 11) is 0. The molecule has 2 aromatic rings. The second kappa shape index (κ2) is 7.34. The first-order valence-electron chi connectivity index (χ1n) is 7.58. The van der Waals surface area contributed by atoms with Crippen LogP contribution in [0, 0.1) is 0 Å². The molecule has 0 fully saturated rings. The van der Waals surface area contributed by atoms with Gasteiger partial charge in [-0.3, -0.25) is 0 Å². The number of para-hydroxylation sites is 1. The molecule has 0 aliphatic carbocycles. The summed E-state index contributed by atoms with van der Waals surface area (Å²) >= 11 is 0. The summed E-state index contributed by atoms with van der Waals surface area (Å²) in [6.45, 7) is 6.65. The highest BCUT2D eigenvalue weighted by atomic mass is 15.0. The van der Waals surface area contributed by atoms with Gasteiger partial charge in [-0.2, -0.15) is 0 Å². The van der Waals surface area contributed by atoms with Crippen molar-refractivity contribution >= 4 is 10.9 Å². The molecule has 2 rings (SSSR count). The van der Waals surface area contributed by atoms with Crippen LogP contribution >= 0.6 is 0 Å². The van der Waals surface area contributed by atoms with E-state index < -0.39 is 0 Å². The Bertz CT molecular complexity index is 487. The number of unbranched alkanes of at least 4 members (excludes halogenated alkanes) is 2. The number of nitrogens with zero attached hydrogens (tertiary/aromatic N) is 1. The molecule has 0 radical (unpaired) electrons. The predicted molar refractivity (Wildman–Crippen MR) is 83.5 cm³/mol. The molecular weight excluding hydrogens is 232 g/mol. The first-order chi connectivity index (χ1) is 9.31. The van der Waals surface area contributed by atoms with Crippen LogP contribution < -0.4 is 5.32 Å². The summed E-state index contributed by atoms with van der Waals surface area (Å²) in [5, 5.41) is 4.96. The van der Waals surface area contributed by atoms with E-state index in [0.29, 0.717) is 6.04 Å². The van der Waals surface area contributed by atoms with E-state index in [-0.39, 0.29) is 0 Å². The summed E-state index contributed by atoms with van der Waals surface area (Å²) < 4.78 is 2.33. The molecule has 0 saturated heterocycles. The lowest BCUT2D eigenvalue weighted by Gasteiger charge is -2.14. The third kappa shape index (κ3) is 4.10. The minimum atomic E-state index is 0.633. The van der Waals surface area contributed by atoms with E-state index in [2.05, 4.69) is 60.3 Å². The molecule has 0 amide bonds. The van der Waals surface area contributed by atoms with Gasteiger partial charge in [-0.25, -0.2) is 0 Å². The molecule has 1 aromatic carbocycles. The minimum absolute atomic E-state index is 0.633. The van der Waals surface area contributed by atoms with Gasteiger partial charge in [0, 0.05) is 30.8 Å². The molecule has 0 aliphatic rings. The molecule has 1 unspecified atom stereocenters. The van der Waals surface area contributed by atoms with Crippen LogP contribution in [-0.4, -0.2) is 17.2 Å². The first-order valence-corrected chi connectivity index (χ1v) is 7.58. The van der Waals surface area contributed by atoms with E-state index in [1.54, 1.807) is 0 Å². The number of nitrogens with one attached hydrogen (secondary N) is 1. The zero-order valence-electron chi connectivity index (χ0n) is 12.2. The Hall–Kier alpha value is -1.28. The van der Waals surface area contributed by atoms with Gasteiger partial charge in [0.2, 0.25) is 0 Å². The Morgan fingerprint density at radius 2 is 2.00 bits per heavy atom. The van der Waals surface area contributed by atoms with Gasteiger partial charge < -0.3 is 9.88 Å². The van der Waals surface area contributed by atoms with E-state index in [1.807, 2.05) is 0 Å². The fourth-order valence-electron chi connectivity index (χ4n) is 2.57. The third-order valence-electron chi connectivity index (χ3n) is 3.77. The predicted octanol–water partition coefficient (Wildman–Crippen LogP) is 4.20. The lowest BCUT2D eigenvalue weighted by atomic mass is 10.1. The second-order valence-electron chi connectivity index (χ2n) is 5.42. The Morgan fingerprint density at radius 3 is 2.84 bits per heavy atom. The van der Waals surface area contributed by atoms with Crippen molar-refractivity contribution in [3.8, 4) is 0 Å². The zero-order chi connectivity index (χ0) is 13.5. The van der Waals surface area contributed by atoms with Gasteiger partial charge in [0.25, 0.3) is 0 Å². The average molecular weight is 258 g/mol. The fourth-order valence-corrected chi connectivity index (χ4v) is 2.57. The van der Waals surface area contributed by atoms with Crippen LogP contribution in [0.5, 0.6) is 0 Å². The summed E-state index contributed by atoms with van der Waals surface area (Å²) in [6, 6.07) is 11.4. The highest BCUT2D eigenvalue weighted by Crippen LogP contribution is 2.14. The van der Waals surface area contributed by atoms with Gasteiger partial charge in [0.05, 0.1) is 0 Å². The molecule has 1 atom stereocenters. The lowest BCUT2D eigenvalue weighted by Crippen LogP contribution is -2.29. The molecule has 1 heterocycles. The van der Waals surface area contributed by atoms with Crippen molar-refractivity contribution in [2.24, 2.45) is 0 Å². The van der Waals surface area contributed by atoms with Crippen LogP contribution in [0.4, 0.5) is 0 Å². The van der Waals surface area contributed by atoms with Crippen molar-refractivity contribution in [1.82, 2.24) is 9.88 Å². The molecule has 0 aliphatic heterocycles. The Morgan fingerprint density at radius 1 is 1.16 bits per heavy atom. The zero-order valence-corrected chi connectivity index (χ0v) is 12.2. The molecule has 104 valence electrons. The highest BCUT2D eigenvalue weighted by Gasteiger charge is 2.02. The molecule has 1 aromatic heterocycles. The molecule has 2 nitrogen and oxygen atoms in total. The normalized spacial score (nSPS) is 12.9. The van der Waals surface area contributed by atoms with Crippen LogP contribution in [-0.2, 0) is 6.54 Å². The smallest absolute Gasteiger partial charge is 0.0480 e. The van der Waals surface area contributed by atoms with Gasteiger partial charge in [0.1, 0.15) is 0 Å². The number of benzene rings is 1. The number of aromatic nitrogens is 1. The van der Waals surface area contributed by atoms with Gasteiger partial charge in [0.15, 0.2) is 0 Å². The lowest BCUT2D eigenvalue weighted by molar-refractivity contribution is 0.473. The summed E-state index contributed by atoms with van der Waals surface area (Å²) in [5.74, 6) is 0. The van der Waals surface area contributed by atoms with E-state index in [4.69, 9.17) is 0 Å². The van der Waals surface area contributed by atoms with Gasteiger partial charge >= 0.3 is 0 Å². The molecule has 19 heavy (non-hydrogen) atoms. The first kappa shape index (κ1) is 14.1. The molecule has 2 heteroatoms. The number of fused-ring (bicyclic) bond motifs is 1. The summed E-state index contributed by atoms with van der Waals surface area (Å²) in [4.78, 5) is 0. The Labute approximate surface area is 116 Å². The summed E-state index contributed by atoms with van der Waals surface area (Å²) in [5.41, 5.74) is 1.34. The number of hydrogen-bond donors (Lipinski definition) is 1.